The van der Waals surface area contributed by atoms with Crippen LogP contribution >= 0.6 is 11.6 Å². The first-order valence-electron chi connectivity index (χ1n) is 5.79. The van der Waals surface area contributed by atoms with Crippen LogP contribution in [0.25, 0.3) is 0 Å². The molecule has 0 bridgehead atoms. The second-order valence-electron chi connectivity index (χ2n) is 4.26. The highest BCUT2D eigenvalue weighted by Gasteiger charge is 2.26. The zero-order chi connectivity index (χ0) is 13.9. The van der Waals surface area contributed by atoms with Gasteiger partial charge in [-0.3, -0.25) is 10.1 Å². The Labute approximate surface area is 111 Å². The van der Waals surface area contributed by atoms with E-state index in [1.54, 1.807) is 18.9 Å². The van der Waals surface area contributed by atoms with Gasteiger partial charge in [-0.1, -0.05) is 13.3 Å². The fourth-order valence-electron chi connectivity index (χ4n) is 1.80. The van der Waals surface area contributed by atoms with Crippen molar-refractivity contribution >= 4 is 23.1 Å². The molecular formula is C11H17ClN4O2. The summed E-state index contributed by atoms with van der Waals surface area (Å²) in [5.41, 5.74) is 0.204. The third-order valence-electron chi connectivity index (χ3n) is 2.90. The molecule has 1 aromatic heterocycles. The summed E-state index contributed by atoms with van der Waals surface area (Å²) in [5.74, 6) is 0.276. The highest BCUT2D eigenvalue weighted by molar-refractivity contribution is 6.28. The molecule has 0 radical (unpaired) electrons. The third kappa shape index (κ3) is 3.07. The Morgan fingerprint density at radius 1 is 1.50 bits per heavy atom. The molecule has 100 valence electrons. The zero-order valence-electron chi connectivity index (χ0n) is 11.0. The van der Waals surface area contributed by atoms with Crippen molar-refractivity contribution in [3.63, 3.8) is 0 Å². The topological polar surface area (TPSA) is 72.2 Å². The van der Waals surface area contributed by atoms with Crippen LogP contribution in [-0.2, 0) is 0 Å². The Bertz CT molecular complexity index is 453. The summed E-state index contributed by atoms with van der Waals surface area (Å²) < 4.78 is 0. The lowest BCUT2D eigenvalue weighted by molar-refractivity contribution is -0.385. The van der Waals surface area contributed by atoms with E-state index in [9.17, 15) is 10.1 Å². The van der Waals surface area contributed by atoms with Gasteiger partial charge < -0.3 is 4.90 Å². The van der Waals surface area contributed by atoms with E-state index in [1.807, 2.05) is 6.92 Å². The van der Waals surface area contributed by atoms with Crippen molar-refractivity contribution in [3.05, 3.63) is 21.1 Å². The molecule has 7 heteroatoms. The Kier molecular flexibility index (Phi) is 4.84. The standard InChI is InChI=1S/C11H17ClN4O2/c1-5-6-7(2)15(4)10-9(16(17)18)8(3)13-11(12)14-10/h7H,5-6H2,1-4H3. The molecular weight excluding hydrogens is 256 g/mol. The van der Waals surface area contributed by atoms with E-state index in [-0.39, 0.29) is 28.5 Å². The first-order chi connectivity index (χ1) is 8.38. The number of hydrogen-bond acceptors (Lipinski definition) is 5. The van der Waals surface area contributed by atoms with Crippen LogP contribution in [-0.4, -0.2) is 28.0 Å². The molecule has 6 nitrogen and oxygen atoms in total. The molecule has 1 rings (SSSR count). The van der Waals surface area contributed by atoms with Crippen molar-refractivity contribution < 1.29 is 4.92 Å². The predicted molar refractivity (Wildman–Crippen MR) is 71.2 cm³/mol. The van der Waals surface area contributed by atoms with Crippen LogP contribution in [0, 0.1) is 17.0 Å². The summed E-state index contributed by atoms with van der Waals surface area (Å²) in [5, 5.41) is 11.1. The minimum absolute atomic E-state index is 0.0312. The number of aromatic nitrogens is 2. The first kappa shape index (κ1) is 14.6. The van der Waals surface area contributed by atoms with Gasteiger partial charge in [0.2, 0.25) is 11.1 Å². The molecule has 0 N–H and O–H groups in total. The highest BCUT2D eigenvalue weighted by Crippen LogP contribution is 2.30. The molecule has 1 aromatic rings. The van der Waals surface area contributed by atoms with Gasteiger partial charge in [0.05, 0.1) is 4.92 Å². The molecule has 0 fully saturated rings. The van der Waals surface area contributed by atoms with Gasteiger partial charge in [-0.25, -0.2) is 4.98 Å². The summed E-state index contributed by atoms with van der Waals surface area (Å²) in [4.78, 5) is 20.2. The van der Waals surface area contributed by atoms with Crippen molar-refractivity contribution in [2.24, 2.45) is 0 Å². The van der Waals surface area contributed by atoms with Gasteiger partial charge in [0.15, 0.2) is 0 Å². The molecule has 0 aliphatic heterocycles. The van der Waals surface area contributed by atoms with Crippen molar-refractivity contribution in [2.75, 3.05) is 11.9 Å². The zero-order valence-corrected chi connectivity index (χ0v) is 11.7. The van der Waals surface area contributed by atoms with E-state index in [2.05, 4.69) is 16.9 Å². The average molecular weight is 273 g/mol. The maximum absolute atomic E-state index is 11.1. The first-order valence-corrected chi connectivity index (χ1v) is 6.17. The summed E-state index contributed by atoms with van der Waals surface area (Å²) in [6.07, 6.45) is 1.92. The molecule has 0 aromatic carbocycles. The second-order valence-corrected chi connectivity index (χ2v) is 4.59. The van der Waals surface area contributed by atoms with E-state index in [1.165, 1.54) is 0 Å². The van der Waals surface area contributed by atoms with Crippen LogP contribution in [0.1, 0.15) is 32.4 Å². The Morgan fingerprint density at radius 3 is 2.61 bits per heavy atom. The largest absolute Gasteiger partial charge is 0.351 e. The fourth-order valence-corrected chi connectivity index (χ4v) is 2.01. The Balaban J connectivity index is 3.25. The molecule has 1 heterocycles. The highest BCUT2D eigenvalue weighted by atomic mass is 35.5. The summed E-state index contributed by atoms with van der Waals surface area (Å²) >= 11 is 5.78. The SMILES string of the molecule is CCCC(C)N(C)c1nc(Cl)nc(C)c1[N+](=O)[O-]. The van der Waals surface area contributed by atoms with E-state index in [0.717, 1.165) is 12.8 Å². The number of halogens is 1. The minimum Gasteiger partial charge on any atom is -0.351 e. The Hall–Kier alpha value is -1.43. The minimum atomic E-state index is -0.462. The number of aryl methyl sites for hydroxylation is 1. The quantitative estimate of drug-likeness (QED) is 0.468. The number of rotatable bonds is 5. The lowest BCUT2D eigenvalue weighted by Gasteiger charge is -2.25. The lowest BCUT2D eigenvalue weighted by atomic mass is 10.1. The molecule has 1 unspecified atom stereocenters. The van der Waals surface area contributed by atoms with Gasteiger partial charge in [0, 0.05) is 13.1 Å². The summed E-state index contributed by atoms with van der Waals surface area (Å²) in [6, 6.07) is 0.152. The van der Waals surface area contributed by atoms with Crippen molar-refractivity contribution in [2.45, 2.75) is 39.7 Å². The molecule has 0 amide bonds. The van der Waals surface area contributed by atoms with Crippen LogP contribution in [0.2, 0.25) is 5.28 Å². The molecule has 18 heavy (non-hydrogen) atoms. The van der Waals surface area contributed by atoms with Gasteiger partial charge >= 0.3 is 5.69 Å². The lowest BCUT2D eigenvalue weighted by Crippen LogP contribution is -2.30. The van der Waals surface area contributed by atoms with Crippen LogP contribution in [0.3, 0.4) is 0 Å². The number of hydrogen-bond donors (Lipinski definition) is 0. The van der Waals surface area contributed by atoms with Crippen LogP contribution < -0.4 is 4.90 Å². The van der Waals surface area contributed by atoms with Crippen LogP contribution in [0.4, 0.5) is 11.5 Å². The molecule has 0 aliphatic carbocycles. The van der Waals surface area contributed by atoms with Gasteiger partial charge in [-0.05, 0) is 31.9 Å². The van der Waals surface area contributed by atoms with Crippen molar-refractivity contribution in [1.82, 2.24) is 9.97 Å². The maximum Gasteiger partial charge on any atom is 0.332 e. The Morgan fingerprint density at radius 2 is 2.11 bits per heavy atom. The van der Waals surface area contributed by atoms with Gasteiger partial charge in [0.1, 0.15) is 5.69 Å². The smallest absolute Gasteiger partial charge is 0.332 e. The van der Waals surface area contributed by atoms with Crippen LogP contribution in [0.15, 0.2) is 0 Å². The second kappa shape index (κ2) is 5.95. The molecule has 0 saturated heterocycles. The van der Waals surface area contributed by atoms with E-state index >= 15 is 0 Å². The van der Waals surface area contributed by atoms with E-state index < -0.39 is 4.92 Å². The molecule has 0 spiro atoms. The normalized spacial score (nSPS) is 12.3. The monoisotopic (exact) mass is 272 g/mol. The number of anilines is 1. The fraction of sp³-hybridized carbons (Fsp3) is 0.636. The van der Waals surface area contributed by atoms with Crippen LogP contribution in [0.5, 0.6) is 0 Å². The summed E-state index contributed by atoms with van der Waals surface area (Å²) in [6.45, 7) is 5.63. The van der Waals surface area contributed by atoms with Gasteiger partial charge in [-0.15, -0.1) is 0 Å². The van der Waals surface area contributed by atoms with Crippen molar-refractivity contribution in [3.8, 4) is 0 Å². The number of nitrogens with zero attached hydrogens (tertiary/aromatic N) is 4. The van der Waals surface area contributed by atoms with E-state index in [0.29, 0.717) is 0 Å². The van der Waals surface area contributed by atoms with Gasteiger partial charge in [0.25, 0.3) is 0 Å². The van der Waals surface area contributed by atoms with E-state index in [4.69, 9.17) is 11.6 Å². The maximum atomic E-state index is 11.1. The predicted octanol–water partition coefficient (Wildman–Crippen LogP) is 2.97. The van der Waals surface area contributed by atoms with Gasteiger partial charge in [-0.2, -0.15) is 4.98 Å². The molecule has 0 aliphatic rings. The average Bonchev–Trinajstić information content (AvgIpc) is 2.26. The van der Waals surface area contributed by atoms with Crippen molar-refractivity contribution in [1.29, 1.82) is 0 Å². The molecule has 1 atom stereocenters. The number of nitro groups is 1. The summed E-state index contributed by atoms with van der Waals surface area (Å²) in [7, 11) is 1.78. The third-order valence-corrected chi connectivity index (χ3v) is 3.07. The molecule has 0 saturated carbocycles.